The second kappa shape index (κ2) is 3.65. The minimum Gasteiger partial charge on any atom is -0.258 e. The molecular formula is C10H14FN. The third-order valence-electron chi connectivity index (χ3n) is 1.87. The lowest BCUT2D eigenvalue weighted by Gasteiger charge is -2.11. The minimum atomic E-state index is -0.969. The number of pyridine rings is 1. The highest BCUT2D eigenvalue weighted by molar-refractivity contribution is 5.24. The number of alkyl halides is 1. The van der Waals surface area contributed by atoms with Gasteiger partial charge >= 0.3 is 0 Å². The number of hydrogen-bond donors (Lipinski definition) is 0. The predicted octanol–water partition coefficient (Wildman–Crippen LogP) is 3.24. The molecule has 0 aliphatic rings. The fourth-order valence-corrected chi connectivity index (χ4v) is 1.25. The molecule has 2 heteroatoms. The lowest BCUT2D eigenvalue weighted by molar-refractivity contribution is 0.362. The van der Waals surface area contributed by atoms with Crippen LogP contribution in [-0.4, -0.2) is 4.98 Å². The molecule has 0 aliphatic heterocycles. The molecule has 1 unspecified atom stereocenters. The van der Waals surface area contributed by atoms with Crippen molar-refractivity contribution in [1.82, 2.24) is 4.98 Å². The molecule has 0 amide bonds. The number of nitrogens with zero attached hydrogens (tertiary/aromatic N) is 1. The monoisotopic (exact) mass is 167 g/mol. The standard InChI is InChI=1S/C10H14FN/c1-7(2)9-5-4-6-12-10(9)8(3)11/h4-8H,1-3H3. The number of hydrogen-bond acceptors (Lipinski definition) is 1. The van der Waals surface area contributed by atoms with Crippen molar-refractivity contribution in [2.45, 2.75) is 32.9 Å². The molecule has 66 valence electrons. The van der Waals surface area contributed by atoms with E-state index in [0.717, 1.165) is 5.56 Å². The van der Waals surface area contributed by atoms with E-state index in [4.69, 9.17) is 0 Å². The largest absolute Gasteiger partial charge is 0.258 e. The first-order chi connectivity index (χ1) is 5.63. The molecule has 0 N–H and O–H groups in total. The highest BCUT2D eigenvalue weighted by Crippen LogP contribution is 2.24. The summed E-state index contributed by atoms with van der Waals surface area (Å²) < 4.78 is 13.0. The molecule has 0 saturated heterocycles. The zero-order chi connectivity index (χ0) is 9.14. The van der Waals surface area contributed by atoms with E-state index in [1.165, 1.54) is 6.92 Å². The molecule has 0 saturated carbocycles. The van der Waals surface area contributed by atoms with Gasteiger partial charge in [0.2, 0.25) is 0 Å². The summed E-state index contributed by atoms with van der Waals surface area (Å²) in [6.07, 6.45) is 0.667. The van der Waals surface area contributed by atoms with E-state index in [0.29, 0.717) is 11.6 Å². The highest BCUT2D eigenvalue weighted by Gasteiger charge is 2.12. The number of rotatable bonds is 2. The van der Waals surface area contributed by atoms with Gasteiger partial charge in [0.25, 0.3) is 0 Å². The molecule has 12 heavy (non-hydrogen) atoms. The van der Waals surface area contributed by atoms with E-state index in [2.05, 4.69) is 4.98 Å². The maximum Gasteiger partial charge on any atom is 0.139 e. The second-order valence-electron chi connectivity index (χ2n) is 3.25. The maximum atomic E-state index is 13.0. The summed E-state index contributed by atoms with van der Waals surface area (Å²) in [5, 5.41) is 0. The molecule has 0 bridgehead atoms. The first kappa shape index (κ1) is 9.17. The van der Waals surface area contributed by atoms with Gasteiger partial charge < -0.3 is 0 Å². The van der Waals surface area contributed by atoms with Crippen LogP contribution in [0.1, 0.15) is 44.1 Å². The van der Waals surface area contributed by atoms with Gasteiger partial charge in [0.15, 0.2) is 0 Å². The smallest absolute Gasteiger partial charge is 0.139 e. The molecule has 0 spiro atoms. The van der Waals surface area contributed by atoms with E-state index >= 15 is 0 Å². The molecule has 0 aliphatic carbocycles. The van der Waals surface area contributed by atoms with Crippen LogP contribution in [0, 0.1) is 0 Å². The van der Waals surface area contributed by atoms with Crippen LogP contribution in [-0.2, 0) is 0 Å². The van der Waals surface area contributed by atoms with E-state index in [9.17, 15) is 4.39 Å². The maximum absolute atomic E-state index is 13.0. The van der Waals surface area contributed by atoms with Crippen LogP contribution in [0.25, 0.3) is 0 Å². The predicted molar refractivity (Wildman–Crippen MR) is 47.8 cm³/mol. The van der Waals surface area contributed by atoms with Crippen LogP contribution in [0.5, 0.6) is 0 Å². The van der Waals surface area contributed by atoms with E-state index < -0.39 is 6.17 Å². The Morgan fingerprint density at radius 3 is 2.42 bits per heavy atom. The second-order valence-corrected chi connectivity index (χ2v) is 3.25. The molecule has 1 nitrogen and oxygen atoms in total. The van der Waals surface area contributed by atoms with Crippen molar-refractivity contribution in [2.24, 2.45) is 0 Å². The summed E-state index contributed by atoms with van der Waals surface area (Å²) in [4.78, 5) is 4.02. The number of aromatic nitrogens is 1. The molecule has 1 atom stereocenters. The SMILES string of the molecule is CC(C)c1cccnc1C(C)F. The Morgan fingerprint density at radius 2 is 2.00 bits per heavy atom. The quantitative estimate of drug-likeness (QED) is 0.659. The van der Waals surface area contributed by atoms with Crippen molar-refractivity contribution in [3.63, 3.8) is 0 Å². The topological polar surface area (TPSA) is 12.9 Å². The lowest BCUT2D eigenvalue weighted by Crippen LogP contribution is -1.99. The van der Waals surface area contributed by atoms with Crippen molar-refractivity contribution < 1.29 is 4.39 Å². The van der Waals surface area contributed by atoms with Gasteiger partial charge in [0.1, 0.15) is 6.17 Å². The van der Waals surface area contributed by atoms with E-state index in [-0.39, 0.29) is 0 Å². The Kier molecular flexibility index (Phi) is 2.79. The summed E-state index contributed by atoms with van der Waals surface area (Å²) in [7, 11) is 0. The van der Waals surface area contributed by atoms with Crippen LogP contribution in [0.2, 0.25) is 0 Å². The van der Waals surface area contributed by atoms with Crippen LogP contribution >= 0.6 is 0 Å². The Labute approximate surface area is 72.6 Å². The average Bonchev–Trinajstić information content (AvgIpc) is 2.04. The van der Waals surface area contributed by atoms with Crippen LogP contribution in [0.3, 0.4) is 0 Å². The Bertz CT molecular complexity index is 229. The molecule has 1 rings (SSSR count). The van der Waals surface area contributed by atoms with Crippen molar-refractivity contribution in [1.29, 1.82) is 0 Å². The van der Waals surface area contributed by atoms with Crippen molar-refractivity contribution in [2.75, 3.05) is 0 Å². The van der Waals surface area contributed by atoms with Gasteiger partial charge in [0.05, 0.1) is 5.69 Å². The normalized spacial score (nSPS) is 13.4. The molecule has 1 heterocycles. The van der Waals surface area contributed by atoms with Crippen molar-refractivity contribution in [3.05, 3.63) is 29.6 Å². The summed E-state index contributed by atoms with van der Waals surface area (Å²) in [5.74, 6) is 0.340. The zero-order valence-electron chi connectivity index (χ0n) is 7.71. The van der Waals surface area contributed by atoms with Crippen molar-refractivity contribution in [3.8, 4) is 0 Å². The van der Waals surface area contributed by atoms with Crippen LogP contribution in [0.15, 0.2) is 18.3 Å². The van der Waals surface area contributed by atoms with Gasteiger partial charge in [-0.3, -0.25) is 4.98 Å². The number of halogens is 1. The third-order valence-corrected chi connectivity index (χ3v) is 1.87. The lowest BCUT2D eigenvalue weighted by atomic mass is 10.00. The molecule has 1 aromatic rings. The van der Waals surface area contributed by atoms with Gasteiger partial charge in [-0.05, 0) is 24.5 Å². The fraction of sp³-hybridized carbons (Fsp3) is 0.500. The summed E-state index contributed by atoms with van der Waals surface area (Å²) >= 11 is 0. The fourth-order valence-electron chi connectivity index (χ4n) is 1.25. The third kappa shape index (κ3) is 1.81. The molecule has 1 aromatic heterocycles. The Hall–Kier alpha value is -0.920. The van der Waals surface area contributed by atoms with Gasteiger partial charge in [-0.1, -0.05) is 19.9 Å². The van der Waals surface area contributed by atoms with E-state index in [1.807, 2.05) is 26.0 Å². The molecule has 0 fully saturated rings. The van der Waals surface area contributed by atoms with Crippen LogP contribution in [0.4, 0.5) is 4.39 Å². The van der Waals surface area contributed by atoms with E-state index in [1.54, 1.807) is 6.20 Å². The molecular weight excluding hydrogens is 153 g/mol. The summed E-state index contributed by atoms with van der Waals surface area (Å²) in [6.45, 7) is 5.61. The first-order valence-electron chi connectivity index (χ1n) is 4.21. The summed E-state index contributed by atoms with van der Waals surface area (Å²) in [5.41, 5.74) is 1.58. The highest BCUT2D eigenvalue weighted by atomic mass is 19.1. The zero-order valence-corrected chi connectivity index (χ0v) is 7.71. The first-order valence-corrected chi connectivity index (χ1v) is 4.21. The Morgan fingerprint density at radius 1 is 1.33 bits per heavy atom. The van der Waals surface area contributed by atoms with Crippen molar-refractivity contribution >= 4 is 0 Å². The minimum absolute atomic E-state index is 0.340. The molecule has 0 radical (unpaired) electrons. The molecule has 0 aromatic carbocycles. The van der Waals surface area contributed by atoms with Crippen LogP contribution < -0.4 is 0 Å². The van der Waals surface area contributed by atoms with Gasteiger partial charge in [-0.2, -0.15) is 0 Å². The average molecular weight is 167 g/mol. The van der Waals surface area contributed by atoms with Gasteiger partial charge in [-0.15, -0.1) is 0 Å². The van der Waals surface area contributed by atoms with Gasteiger partial charge in [-0.25, -0.2) is 4.39 Å². The summed E-state index contributed by atoms with van der Waals surface area (Å²) in [6, 6.07) is 3.78. The Balaban J connectivity index is 3.09. The van der Waals surface area contributed by atoms with Gasteiger partial charge in [0, 0.05) is 6.20 Å².